The largest absolute Gasteiger partial charge is 0.496 e. The van der Waals surface area contributed by atoms with Crippen LogP contribution in [0.4, 0.5) is 18.9 Å². The van der Waals surface area contributed by atoms with Gasteiger partial charge in [0.2, 0.25) is 0 Å². The number of alkyl halides is 2. The Kier molecular flexibility index (Phi) is 6.11. The molecule has 5 aromatic rings. The molecule has 11 heteroatoms. The molecule has 0 saturated heterocycles. The molecule has 0 aliphatic rings. The number of carbonyl (C=O) groups excluding carboxylic acids is 1. The number of benzene rings is 2. The number of rotatable bonds is 7. The number of hydrogen-bond acceptors (Lipinski definition) is 5. The Bertz CT molecular complexity index is 1550. The molecule has 3 heterocycles. The van der Waals surface area contributed by atoms with Gasteiger partial charge in [-0.3, -0.25) is 9.48 Å². The van der Waals surface area contributed by atoms with Crippen molar-refractivity contribution in [1.29, 1.82) is 0 Å². The molecular weight excluding hydrogens is 473 g/mol. The minimum absolute atomic E-state index is 0.0138. The van der Waals surface area contributed by atoms with Gasteiger partial charge in [0.25, 0.3) is 12.3 Å². The predicted molar refractivity (Wildman–Crippen MR) is 126 cm³/mol. The lowest BCUT2D eigenvalue weighted by Crippen LogP contribution is -2.12. The quantitative estimate of drug-likeness (QED) is 0.346. The zero-order valence-electron chi connectivity index (χ0n) is 18.9. The summed E-state index contributed by atoms with van der Waals surface area (Å²) >= 11 is 0. The van der Waals surface area contributed by atoms with Crippen molar-refractivity contribution in [1.82, 2.24) is 24.4 Å². The SMILES string of the molecule is COc1ccccc1-c1cc(C(F)F)n2ncc(C(=O)Nc3cnn(Cc4ccc(F)cc4)c3)c2n1. The van der Waals surface area contributed by atoms with Crippen LogP contribution in [0.1, 0.15) is 28.0 Å². The van der Waals surface area contributed by atoms with Gasteiger partial charge < -0.3 is 10.1 Å². The lowest BCUT2D eigenvalue weighted by Gasteiger charge is -2.11. The molecule has 1 amide bonds. The van der Waals surface area contributed by atoms with Gasteiger partial charge in [-0.25, -0.2) is 22.7 Å². The Labute approximate surface area is 203 Å². The van der Waals surface area contributed by atoms with Crippen LogP contribution in [-0.4, -0.2) is 37.4 Å². The normalized spacial score (nSPS) is 11.2. The van der Waals surface area contributed by atoms with Gasteiger partial charge >= 0.3 is 0 Å². The summed E-state index contributed by atoms with van der Waals surface area (Å²) < 4.78 is 48.8. The third-order valence-corrected chi connectivity index (χ3v) is 5.50. The first-order chi connectivity index (χ1) is 17.4. The molecular formula is C25H19F3N6O2. The highest BCUT2D eigenvalue weighted by Crippen LogP contribution is 2.32. The van der Waals surface area contributed by atoms with Crippen LogP contribution in [0, 0.1) is 5.82 Å². The zero-order valence-corrected chi connectivity index (χ0v) is 18.9. The van der Waals surface area contributed by atoms with Crippen molar-refractivity contribution in [2.45, 2.75) is 13.0 Å². The summed E-state index contributed by atoms with van der Waals surface area (Å²) in [5.41, 5.74) is 1.51. The van der Waals surface area contributed by atoms with Crippen LogP contribution >= 0.6 is 0 Å². The van der Waals surface area contributed by atoms with Crippen LogP contribution in [0.2, 0.25) is 0 Å². The first-order valence-electron chi connectivity index (χ1n) is 10.8. The Morgan fingerprint density at radius 2 is 1.86 bits per heavy atom. The Hall–Kier alpha value is -4.67. The molecule has 0 aliphatic carbocycles. The van der Waals surface area contributed by atoms with Crippen molar-refractivity contribution in [2.75, 3.05) is 12.4 Å². The number of methoxy groups -OCH3 is 1. The molecule has 36 heavy (non-hydrogen) atoms. The molecule has 0 unspecified atom stereocenters. The molecule has 8 nitrogen and oxygen atoms in total. The summed E-state index contributed by atoms with van der Waals surface area (Å²) in [7, 11) is 1.47. The minimum Gasteiger partial charge on any atom is -0.496 e. The monoisotopic (exact) mass is 492 g/mol. The Morgan fingerprint density at radius 1 is 1.08 bits per heavy atom. The van der Waals surface area contributed by atoms with Gasteiger partial charge in [0.15, 0.2) is 5.65 Å². The number of halogens is 3. The molecule has 0 atom stereocenters. The van der Waals surface area contributed by atoms with Gasteiger partial charge in [0, 0.05) is 11.8 Å². The van der Waals surface area contributed by atoms with E-state index < -0.39 is 18.0 Å². The van der Waals surface area contributed by atoms with E-state index in [2.05, 4.69) is 20.5 Å². The molecule has 0 aliphatic heterocycles. The van der Waals surface area contributed by atoms with E-state index in [4.69, 9.17) is 4.74 Å². The molecule has 2 aromatic carbocycles. The lowest BCUT2D eigenvalue weighted by atomic mass is 10.1. The third kappa shape index (κ3) is 4.50. The van der Waals surface area contributed by atoms with Crippen molar-refractivity contribution in [3.05, 3.63) is 95.8 Å². The van der Waals surface area contributed by atoms with E-state index in [1.54, 1.807) is 47.3 Å². The highest BCUT2D eigenvalue weighted by atomic mass is 19.3. The first-order valence-corrected chi connectivity index (χ1v) is 10.8. The maximum absolute atomic E-state index is 13.9. The van der Waals surface area contributed by atoms with Gasteiger partial charge in [-0.2, -0.15) is 10.2 Å². The van der Waals surface area contributed by atoms with E-state index >= 15 is 0 Å². The van der Waals surface area contributed by atoms with E-state index in [1.165, 1.54) is 37.7 Å². The average molecular weight is 492 g/mol. The Morgan fingerprint density at radius 3 is 2.61 bits per heavy atom. The van der Waals surface area contributed by atoms with Gasteiger partial charge in [-0.1, -0.05) is 24.3 Å². The summed E-state index contributed by atoms with van der Waals surface area (Å²) in [6, 6.07) is 14.1. The van der Waals surface area contributed by atoms with Gasteiger partial charge in [0.1, 0.15) is 22.8 Å². The summed E-state index contributed by atoms with van der Waals surface area (Å²) in [4.78, 5) is 17.5. The summed E-state index contributed by atoms with van der Waals surface area (Å²) in [5.74, 6) is -0.470. The second-order valence-corrected chi connectivity index (χ2v) is 7.87. The van der Waals surface area contributed by atoms with Crippen LogP contribution in [0.25, 0.3) is 16.9 Å². The lowest BCUT2D eigenvalue weighted by molar-refractivity contribution is 0.102. The number of ether oxygens (including phenoxy) is 1. The van der Waals surface area contributed by atoms with E-state index in [0.29, 0.717) is 23.5 Å². The van der Waals surface area contributed by atoms with E-state index in [9.17, 15) is 18.0 Å². The fourth-order valence-electron chi connectivity index (χ4n) is 3.79. The topological polar surface area (TPSA) is 86.3 Å². The van der Waals surface area contributed by atoms with Crippen LogP contribution < -0.4 is 10.1 Å². The standard InChI is InChI=1S/C25H19F3N6O2/c1-36-22-5-3-2-4-18(22)20-10-21(23(27)28)34-24(32-20)19(12-30-34)25(35)31-17-11-29-33(14-17)13-15-6-8-16(26)9-7-15/h2-12,14,23H,13H2,1H3,(H,31,35). The molecule has 3 aromatic heterocycles. The summed E-state index contributed by atoms with van der Waals surface area (Å²) in [6.07, 6.45) is 1.39. The highest BCUT2D eigenvalue weighted by Gasteiger charge is 2.22. The zero-order chi connectivity index (χ0) is 25.2. The second-order valence-electron chi connectivity index (χ2n) is 7.87. The molecule has 0 radical (unpaired) electrons. The van der Waals surface area contributed by atoms with Crippen molar-refractivity contribution in [3.8, 4) is 17.0 Å². The third-order valence-electron chi connectivity index (χ3n) is 5.50. The highest BCUT2D eigenvalue weighted by molar-refractivity contribution is 6.08. The van der Waals surface area contributed by atoms with Crippen LogP contribution in [0.3, 0.4) is 0 Å². The molecule has 5 rings (SSSR count). The number of amides is 1. The average Bonchev–Trinajstić information content (AvgIpc) is 3.51. The number of nitrogens with one attached hydrogen (secondary N) is 1. The smallest absolute Gasteiger partial charge is 0.280 e. The summed E-state index contributed by atoms with van der Waals surface area (Å²) in [6.45, 7) is 0.369. The maximum Gasteiger partial charge on any atom is 0.280 e. The van der Waals surface area contributed by atoms with E-state index in [1.807, 2.05) is 0 Å². The fourth-order valence-corrected chi connectivity index (χ4v) is 3.79. The van der Waals surface area contributed by atoms with E-state index in [-0.39, 0.29) is 22.7 Å². The van der Waals surface area contributed by atoms with Crippen LogP contribution in [0.5, 0.6) is 5.75 Å². The number of aromatic nitrogens is 5. The van der Waals surface area contributed by atoms with Crippen molar-refractivity contribution in [2.24, 2.45) is 0 Å². The Balaban J connectivity index is 1.45. The van der Waals surface area contributed by atoms with Crippen molar-refractivity contribution < 1.29 is 22.7 Å². The molecule has 0 fully saturated rings. The predicted octanol–water partition coefficient (Wildman–Crippen LogP) is 4.98. The number of hydrogen-bond donors (Lipinski definition) is 1. The van der Waals surface area contributed by atoms with E-state index in [0.717, 1.165) is 10.1 Å². The van der Waals surface area contributed by atoms with Crippen LogP contribution in [-0.2, 0) is 6.54 Å². The van der Waals surface area contributed by atoms with Crippen LogP contribution in [0.15, 0.2) is 73.2 Å². The van der Waals surface area contributed by atoms with Gasteiger partial charge in [-0.05, 0) is 35.9 Å². The maximum atomic E-state index is 13.9. The van der Waals surface area contributed by atoms with Gasteiger partial charge in [-0.15, -0.1) is 0 Å². The number of para-hydroxylation sites is 1. The van der Waals surface area contributed by atoms with Crippen molar-refractivity contribution >= 4 is 17.2 Å². The first kappa shape index (κ1) is 23.1. The molecule has 0 spiro atoms. The number of fused-ring (bicyclic) bond motifs is 1. The summed E-state index contributed by atoms with van der Waals surface area (Å²) in [5, 5.41) is 10.9. The number of nitrogens with zero attached hydrogens (tertiary/aromatic N) is 5. The second kappa shape index (κ2) is 9.53. The number of anilines is 1. The fraction of sp³-hybridized carbons (Fsp3) is 0.120. The van der Waals surface area contributed by atoms with Crippen molar-refractivity contribution in [3.63, 3.8) is 0 Å². The molecule has 1 N–H and O–H groups in total. The molecule has 182 valence electrons. The molecule has 0 bridgehead atoms. The minimum atomic E-state index is -2.86. The number of carbonyl (C=O) groups is 1. The molecule has 0 saturated carbocycles. The van der Waals surface area contributed by atoms with Gasteiger partial charge in [0.05, 0.1) is 37.4 Å².